The highest BCUT2D eigenvalue weighted by Gasteiger charge is 2.07. The van der Waals surface area contributed by atoms with Crippen LogP contribution in [-0.4, -0.2) is 17.6 Å². The average Bonchev–Trinajstić information content (AvgIpc) is 2.42. The smallest absolute Gasteiger partial charge is 0.251 e. The van der Waals surface area contributed by atoms with Gasteiger partial charge in [0, 0.05) is 12.1 Å². The zero-order chi connectivity index (χ0) is 14.5. The maximum Gasteiger partial charge on any atom is 0.251 e. The number of carbonyl (C=O) groups excluding carboxylic acids is 1. The van der Waals surface area contributed by atoms with Crippen molar-refractivity contribution in [2.24, 2.45) is 0 Å². The highest BCUT2D eigenvalue weighted by molar-refractivity contribution is 5.95. The van der Waals surface area contributed by atoms with E-state index in [2.05, 4.69) is 11.4 Å². The number of aromatic hydroxyl groups is 1. The fourth-order valence-electron chi connectivity index (χ4n) is 1.97. The van der Waals surface area contributed by atoms with Gasteiger partial charge < -0.3 is 16.2 Å². The summed E-state index contributed by atoms with van der Waals surface area (Å²) in [7, 11) is 0. The van der Waals surface area contributed by atoms with Crippen molar-refractivity contribution in [3.63, 3.8) is 0 Å². The highest BCUT2D eigenvalue weighted by atomic mass is 16.3. The summed E-state index contributed by atoms with van der Waals surface area (Å²) in [4.78, 5) is 11.9. The summed E-state index contributed by atoms with van der Waals surface area (Å²) in [6, 6.07) is 12.7. The quantitative estimate of drug-likeness (QED) is 0.589. The van der Waals surface area contributed by atoms with Crippen molar-refractivity contribution in [2.75, 3.05) is 12.3 Å². The summed E-state index contributed by atoms with van der Waals surface area (Å²) in [5, 5.41) is 12.3. The molecule has 4 nitrogen and oxygen atoms in total. The number of nitrogen functional groups attached to an aromatic ring is 1. The van der Waals surface area contributed by atoms with E-state index in [9.17, 15) is 9.90 Å². The van der Waals surface area contributed by atoms with Crippen LogP contribution < -0.4 is 11.1 Å². The number of carbonyl (C=O) groups is 1. The van der Waals surface area contributed by atoms with Crippen molar-refractivity contribution >= 4 is 11.6 Å². The number of phenolic OH excluding ortho intramolecular Hbond substituents is 1. The van der Waals surface area contributed by atoms with Crippen LogP contribution in [0, 0.1) is 6.92 Å². The molecular formula is C16H18N2O2. The number of nitrogens with one attached hydrogen (secondary N) is 1. The lowest BCUT2D eigenvalue weighted by molar-refractivity contribution is 0.0954. The van der Waals surface area contributed by atoms with Crippen molar-refractivity contribution in [2.45, 2.75) is 13.3 Å². The zero-order valence-electron chi connectivity index (χ0n) is 11.4. The first-order valence-electron chi connectivity index (χ1n) is 6.48. The van der Waals surface area contributed by atoms with Crippen LogP contribution in [0.4, 0.5) is 5.69 Å². The monoisotopic (exact) mass is 270 g/mol. The molecule has 0 fully saturated rings. The van der Waals surface area contributed by atoms with E-state index >= 15 is 0 Å². The molecule has 4 heteroatoms. The first kappa shape index (κ1) is 13.9. The number of amides is 1. The Balaban J connectivity index is 1.90. The Kier molecular flexibility index (Phi) is 4.25. The minimum absolute atomic E-state index is 0.0728. The molecule has 0 saturated carbocycles. The van der Waals surface area contributed by atoms with Gasteiger partial charge in [-0.15, -0.1) is 0 Å². The molecular weight excluding hydrogens is 252 g/mol. The second-order valence-electron chi connectivity index (χ2n) is 4.77. The number of phenols is 1. The maximum atomic E-state index is 11.9. The Morgan fingerprint density at radius 2 is 2.05 bits per heavy atom. The van der Waals surface area contributed by atoms with Gasteiger partial charge in [0.2, 0.25) is 0 Å². The number of rotatable bonds is 4. The van der Waals surface area contributed by atoms with Crippen LogP contribution in [0.15, 0.2) is 42.5 Å². The third-order valence-electron chi connectivity index (χ3n) is 3.07. The van der Waals surface area contributed by atoms with Crippen LogP contribution >= 0.6 is 0 Å². The molecule has 0 radical (unpaired) electrons. The Hall–Kier alpha value is -2.49. The molecule has 0 aromatic heterocycles. The van der Waals surface area contributed by atoms with Crippen LogP contribution in [0.3, 0.4) is 0 Å². The fourth-order valence-corrected chi connectivity index (χ4v) is 1.97. The summed E-state index contributed by atoms with van der Waals surface area (Å²) in [5.74, 6) is -0.288. The first-order chi connectivity index (χ1) is 9.56. The number of anilines is 1. The SMILES string of the molecule is Cc1cccc(CCNC(=O)c2ccc(N)c(O)c2)c1. The molecule has 1 amide bonds. The molecule has 0 aliphatic carbocycles. The minimum atomic E-state index is -0.215. The molecule has 2 aromatic carbocycles. The molecule has 0 heterocycles. The van der Waals surface area contributed by atoms with Crippen molar-refractivity contribution in [1.29, 1.82) is 0 Å². The van der Waals surface area contributed by atoms with Crippen LogP contribution in [0.2, 0.25) is 0 Å². The standard InChI is InChI=1S/C16H18N2O2/c1-11-3-2-4-12(9-11)7-8-18-16(20)13-5-6-14(17)15(19)10-13/h2-6,9-10,19H,7-8,17H2,1H3,(H,18,20). The van der Waals surface area contributed by atoms with Crippen LogP contribution in [0.1, 0.15) is 21.5 Å². The normalized spacial score (nSPS) is 10.2. The van der Waals surface area contributed by atoms with Crippen LogP contribution in [-0.2, 0) is 6.42 Å². The third kappa shape index (κ3) is 3.51. The topological polar surface area (TPSA) is 75.4 Å². The van der Waals surface area contributed by atoms with E-state index in [4.69, 9.17) is 5.73 Å². The van der Waals surface area contributed by atoms with Crippen molar-refractivity contribution in [3.8, 4) is 5.75 Å². The van der Waals surface area contributed by atoms with Gasteiger partial charge in [-0.25, -0.2) is 0 Å². The molecule has 0 saturated heterocycles. The summed E-state index contributed by atoms with van der Waals surface area (Å²) in [5.41, 5.74) is 8.56. The maximum absolute atomic E-state index is 11.9. The number of hydrogen-bond donors (Lipinski definition) is 3. The van der Waals surface area contributed by atoms with Gasteiger partial charge in [-0.05, 0) is 37.1 Å². The molecule has 0 aliphatic rings. The van der Waals surface area contributed by atoms with E-state index < -0.39 is 0 Å². The minimum Gasteiger partial charge on any atom is -0.506 e. The Labute approximate surface area is 118 Å². The predicted molar refractivity (Wildman–Crippen MR) is 79.7 cm³/mol. The summed E-state index contributed by atoms with van der Waals surface area (Å²) < 4.78 is 0. The number of nitrogens with two attached hydrogens (primary N) is 1. The summed E-state index contributed by atoms with van der Waals surface area (Å²) in [6.45, 7) is 2.59. The van der Waals surface area contributed by atoms with Gasteiger partial charge in [0.25, 0.3) is 5.91 Å². The largest absolute Gasteiger partial charge is 0.506 e. The van der Waals surface area contributed by atoms with Crippen molar-refractivity contribution < 1.29 is 9.90 Å². The fraction of sp³-hybridized carbons (Fsp3) is 0.188. The Morgan fingerprint density at radius 1 is 1.25 bits per heavy atom. The van der Waals surface area contributed by atoms with Crippen molar-refractivity contribution in [1.82, 2.24) is 5.32 Å². The molecule has 0 atom stereocenters. The molecule has 2 aromatic rings. The van der Waals surface area contributed by atoms with Gasteiger partial charge in [-0.3, -0.25) is 4.79 Å². The first-order valence-corrected chi connectivity index (χ1v) is 6.48. The molecule has 20 heavy (non-hydrogen) atoms. The molecule has 0 bridgehead atoms. The molecule has 0 spiro atoms. The van der Waals surface area contributed by atoms with Crippen molar-refractivity contribution in [3.05, 3.63) is 59.2 Å². The second-order valence-corrected chi connectivity index (χ2v) is 4.77. The molecule has 0 unspecified atom stereocenters. The van der Waals surface area contributed by atoms with E-state index in [1.165, 1.54) is 23.3 Å². The van der Waals surface area contributed by atoms with Crippen LogP contribution in [0.25, 0.3) is 0 Å². The van der Waals surface area contributed by atoms with Gasteiger partial charge >= 0.3 is 0 Å². The lowest BCUT2D eigenvalue weighted by atomic mass is 10.1. The van der Waals surface area contributed by atoms with Gasteiger partial charge in [0.1, 0.15) is 5.75 Å². The van der Waals surface area contributed by atoms with E-state index in [1.807, 2.05) is 25.1 Å². The molecule has 104 valence electrons. The lowest BCUT2D eigenvalue weighted by Crippen LogP contribution is -2.25. The highest BCUT2D eigenvalue weighted by Crippen LogP contribution is 2.20. The number of hydrogen-bond acceptors (Lipinski definition) is 3. The van der Waals surface area contributed by atoms with E-state index in [0.29, 0.717) is 12.1 Å². The van der Waals surface area contributed by atoms with E-state index in [-0.39, 0.29) is 17.3 Å². The molecule has 2 rings (SSSR count). The summed E-state index contributed by atoms with van der Waals surface area (Å²) >= 11 is 0. The average molecular weight is 270 g/mol. The predicted octanol–water partition coefficient (Wildman–Crippen LogP) is 2.26. The van der Waals surface area contributed by atoms with Gasteiger partial charge in [-0.2, -0.15) is 0 Å². The van der Waals surface area contributed by atoms with Crippen LogP contribution in [0.5, 0.6) is 5.75 Å². The zero-order valence-corrected chi connectivity index (χ0v) is 11.4. The number of benzene rings is 2. The Morgan fingerprint density at radius 3 is 2.75 bits per heavy atom. The molecule has 4 N–H and O–H groups in total. The second kappa shape index (κ2) is 6.10. The number of aryl methyl sites for hydroxylation is 1. The lowest BCUT2D eigenvalue weighted by Gasteiger charge is -2.07. The van der Waals surface area contributed by atoms with E-state index in [1.54, 1.807) is 6.07 Å². The van der Waals surface area contributed by atoms with Gasteiger partial charge in [0.05, 0.1) is 5.69 Å². The summed E-state index contributed by atoms with van der Waals surface area (Å²) in [6.07, 6.45) is 0.772. The van der Waals surface area contributed by atoms with Gasteiger partial charge in [-0.1, -0.05) is 29.8 Å². The Bertz CT molecular complexity index is 624. The van der Waals surface area contributed by atoms with Gasteiger partial charge in [0.15, 0.2) is 0 Å². The third-order valence-corrected chi connectivity index (χ3v) is 3.07. The van der Waals surface area contributed by atoms with E-state index in [0.717, 1.165) is 6.42 Å². The molecule has 0 aliphatic heterocycles.